The molecule has 0 aromatic heterocycles. The van der Waals surface area contributed by atoms with Gasteiger partial charge in [0.2, 0.25) is 0 Å². The standard InChI is InChI=1S/C19H35NOS/c1-9-17(10-2)18(20-22(21)19(6,7)8)14-16(5)13-11-12-15(3)4/h9-10,12,16-18,20H,1-2,11,13-14H2,3-8H3/t16-,18+,22?/m0/s1. The van der Waals surface area contributed by atoms with Crippen molar-refractivity contribution < 1.29 is 4.21 Å². The van der Waals surface area contributed by atoms with Gasteiger partial charge in [-0.3, -0.25) is 0 Å². The largest absolute Gasteiger partial charge is 0.242 e. The van der Waals surface area contributed by atoms with Gasteiger partial charge in [0, 0.05) is 12.0 Å². The second-order valence-electron chi connectivity index (χ2n) is 7.35. The van der Waals surface area contributed by atoms with Gasteiger partial charge in [-0.1, -0.05) is 30.7 Å². The summed E-state index contributed by atoms with van der Waals surface area (Å²) in [5.74, 6) is 0.699. The molecular weight excluding hydrogens is 290 g/mol. The summed E-state index contributed by atoms with van der Waals surface area (Å²) in [7, 11) is -1.08. The van der Waals surface area contributed by atoms with Gasteiger partial charge >= 0.3 is 0 Å². The minimum absolute atomic E-state index is 0.122. The first-order chi connectivity index (χ1) is 10.1. The first-order valence-corrected chi connectivity index (χ1v) is 9.33. The first kappa shape index (κ1) is 21.3. The Hall–Kier alpha value is -0.670. The fourth-order valence-corrected chi connectivity index (χ4v) is 3.11. The lowest BCUT2D eigenvalue weighted by atomic mass is 9.89. The van der Waals surface area contributed by atoms with Gasteiger partial charge in [0.1, 0.15) is 0 Å². The predicted molar refractivity (Wildman–Crippen MR) is 101 cm³/mol. The van der Waals surface area contributed by atoms with Gasteiger partial charge in [0.25, 0.3) is 0 Å². The molecule has 0 bridgehead atoms. The summed E-state index contributed by atoms with van der Waals surface area (Å²) in [5, 5.41) is 0. The Morgan fingerprint density at radius 3 is 2.18 bits per heavy atom. The SMILES string of the molecule is C=CC(C=C)[C@@H](C[C@@H](C)CCC=C(C)C)NS(=O)C(C)(C)C. The Morgan fingerprint density at radius 1 is 1.23 bits per heavy atom. The van der Waals surface area contributed by atoms with Crippen LogP contribution in [0.1, 0.15) is 60.8 Å². The van der Waals surface area contributed by atoms with Crippen LogP contribution in [0.5, 0.6) is 0 Å². The molecule has 0 aromatic carbocycles. The summed E-state index contributed by atoms with van der Waals surface area (Å²) in [6.45, 7) is 20.3. The number of allylic oxidation sites excluding steroid dienone is 2. The molecule has 0 aliphatic carbocycles. The third-order valence-electron chi connectivity index (χ3n) is 3.69. The van der Waals surface area contributed by atoms with Gasteiger partial charge in [0.15, 0.2) is 0 Å². The topological polar surface area (TPSA) is 29.1 Å². The third-order valence-corrected chi connectivity index (χ3v) is 5.32. The van der Waals surface area contributed by atoms with Crippen LogP contribution < -0.4 is 4.72 Å². The van der Waals surface area contributed by atoms with Crippen molar-refractivity contribution in [3.8, 4) is 0 Å². The van der Waals surface area contributed by atoms with Crippen molar-refractivity contribution in [3.63, 3.8) is 0 Å². The molecule has 0 saturated carbocycles. The van der Waals surface area contributed by atoms with E-state index in [2.05, 4.69) is 44.7 Å². The second-order valence-corrected chi connectivity index (χ2v) is 9.35. The van der Waals surface area contributed by atoms with Crippen molar-refractivity contribution in [2.24, 2.45) is 11.8 Å². The van der Waals surface area contributed by atoms with Gasteiger partial charge in [-0.2, -0.15) is 0 Å². The van der Waals surface area contributed by atoms with E-state index in [0.717, 1.165) is 19.3 Å². The molecule has 128 valence electrons. The Labute approximate surface area is 140 Å². The highest BCUT2D eigenvalue weighted by Gasteiger charge is 2.26. The van der Waals surface area contributed by atoms with Crippen molar-refractivity contribution >= 4 is 11.0 Å². The highest BCUT2D eigenvalue weighted by molar-refractivity contribution is 7.84. The minimum Gasteiger partial charge on any atom is -0.242 e. The molecule has 22 heavy (non-hydrogen) atoms. The molecule has 0 aromatic rings. The quantitative estimate of drug-likeness (QED) is 0.552. The molecule has 0 fully saturated rings. The van der Waals surface area contributed by atoms with Crippen LogP contribution in [0.25, 0.3) is 0 Å². The van der Waals surface area contributed by atoms with Gasteiger partial charge in [-0.15, -0.1) is 13.2 Å². The molecule has 1 unspecified atom stereocenters. The second kappa shape index (κ2) is 10.2. The highest BCUT2D eigenvalue weighted by Crippen LogP contribution is 2.22. The summed E-state index contributed by atoms with van der Waals surface area (Å²) in [5.41, 5.74) is 1.37. The average Bonchev–Trinajstić information content (AvgIpc) is 2.38. The molecule has 0 heterocycles. The fraction of sp³-hybridized carbons (Fsp3) is 0.684. The Morgan fingerprint density at radius 2 is 1.77 bits per heavy atom. The van der Waals surface area contributed by atoms with Gasteiger partial charge in [-0.05, 0) is 59.8 Å². The number of rotatable bonds is 10. The maximum Gasteiger partial charge on any atom is 0.0973 e. The zero-order chi connectivity index (χ0) is 17.3. The van der Waals surface area contributed by atoms with Crippen LogP contribution in [-0.4, -0.2) is 15.0 Å². The van der Waals surface area contributed by atoms with Crippen LogP contribution in [0.15, 0.2) is 37.0 Å². The average molecular weight is 326 g/mol. The molecule has 2 nitrogen and oxygen atoms in total. The summed E-state index contributed by atoms with van der Waals surface area (Å²) in [6, 6.07) is 0.122. The van der Waals surface area contributed by atoms with Crippen LogP contribution in [0.2, 0.25) is 0 Å². The normalized spacial score (nSPS) is 16.0. The molecule has 0 amide bonds. The van der Waals surface area contributed by atoms with E-state index in [9.17, 15) is 4.21 Å². The van der Waals surface area contributed by atoms with Crippen molar-refractivity contribution in [1.82, 2.24) is 4.72 Å². The van der Waals surface area contributed by atoms with Crippen LogP contribution in [0, 0.1) is 11.8 Å². The molecule has 0 rings (SSSR count). The lowest BCUT2D eigenvalue weighted by Crippen LogP contribution is -2.43. The van der Waals surface area contributed by atoms with Gasteiger partial charge in [-0.25, -0.2) is 8.93 Å². The van der Waals surface area contributed by atoms with E-state index in [1.807, 2.05) is 32.9 Å². The van der Waals surface area contributed by atoms with E-state index in [1.54, 1.807) is 0 Å². The molecule has 1 N–H and O–H groups in total. The maximum absolute atomic E-state index is 12.4. The van der Waals surface area contributed by atoms with E-state index in [1.165, 1.54) is 5.57 Å². The van der Waals surface area contributed by atoms with Crippen LogP contribution in [0.4, 0.5) is 0 Å². The Bertz CT molecular complexity index is 394. The van der Waals surface area contributed by atoms with Crippen molar-refractivity contribution in [1.29, 1.82) is 0 Å². The van der Waals surface area contributed by atoms with Gasteiger partial charge < -0.3 is 0 Å². The Balaban J connectivity index is 4.80. The van der Waals surface area contributed by atoms with E-state index in [0.29, 0.717) is 5.92 Å². The van der Waals surface area contributed by atoms with E-state index in [-0.39, 0.29) is 16.7 Å². The molecule has 0 saturated heterocycles. The number of hydrogen-bond acceptors (Lipinski definition) is 1. The molecular formula is C19H35NOS. The van der Waals surface area contributed by atoms with Gasteiger partial charge in [0.05, 0.1) is 15.7 Å². The zero-order valence-corrected chi connectivity index (χ0v) is 16.1. The summed E-state index contributed by atoms with van der Waals surface area (Å²) in [4.78, 5) is 0. The van der Waals surface area contributed by atoms with Crippen LogP contribution >= 0.6 is 0 Å². The third kappa shape index (κ3) is 8.70. The summed E-state index contributed by atoms with van der Waals surface area (Å²) >= 11 is 0. The highest BCUT2D eigenvalue weighted by atomic mass is 32.2. The fourth-order valence-electron chi connectivity index (χ4n) is 2.23. The lowest BCUT2D eigenvalue weighted by molar-refractivity contribution is 0.391. The van der Waals surface area contributed by atoms with Crippen molar-refractivity contribution in [2.45, 2.75) is 71.6 Å². The molecule has 3 atom stereocenters. The smallest absolute Gasteiger partial charge is 0.0973 e. The van der Waals surface area contributed by atoms with E-state index in [4.69, 9.17) is 0 Å². The molecule has 0 aliphatic rings. The van der Waals surface area contributed by atoms with E-state index >= 15 is 0 Å². The van der Waals surface area contributed by atoms with Crippen LogP contribution in [0.3, 0.4) is 0 Å². The maximum atomic E-state index is 12.4. The number of nitrogens with one attached hydrogen (secondary N) is 1. The van der Waals surface area contributed by atoms with Crippen molar-refractivity contribution in [3.05, 3.63) is 37.0 Å². The first-order valence-electron chi connectivity index (χ1n) is 8.18. The monoisotopic (exact) mass is 325 g/mol. The van der Waals surface area contributed by atoms with Crippen LogP contribution in [-0.2, 0) is 11.0 Å². The number of hydrogen-bond donors (Lipinski definition) is 1. The summed E-state index contributed by atoms with van der Waals surface area (Å²) < 4.78 is 15.5. The molecule has 0 aliphatic heterocycles. The minimum atomic E-state index is -1.08. The van der Waals surface area contributed by atoms with E-state index < -0.39 is 11.0 Å². The summed E-state index contributed by atoms with van der Waals surface area (Å²) in [6.07, 6.45) is 9.30. The molecule has 0 radical (unpaired) electrons. The predicted octanol–water partition coefficient (Wildman–Crippen LogP) is 5.17. The van der Waals surface area contributed by atoms with Crippen molar-refractivity contribution in [2.75, 3.05) is 0 Å². The lowest BCUT2D eigenvalue weighted by Gasteiger charge is -2.29. The zero-order valence-electron chi connectivity index (χ0n) is 15.3. The Kier molecular flexibility index (Phi) is 9.86. The molecule has 3 heteroatoms. The molecule has 0 spiro atoms.